The molecule has 0 saturated heterocycles. The summed E-state index contributed by atoms with van der Waals surface area (Å²) in [6.07, 6.45) is 0. The average molecular weight is 333 g/mol. The molecule has 0 aliphatic rings. The molecule has 0 aromatic heterocycles. The van der Waals surface area contributed by atoms with Crippen LogP contribution in [-0.2, 0) is 0 Å². The molecule has 3 nitrogen and oxygen atoms in total. The normalized spacial score (nSPS) is 12.0. The largest absolute Gasteiger partial charge is 0.393 e. The SMILES string of the molecule is CC(CN(C)C(=O)c1cccc(F)c1Br)C(N)=S. The Hall–Kier alpha value is -1.01. The highest BCUT2D eigenvalue weighted by atomic mass is 79.9. The minimum Gasteiger partial charge on any atom is -0.393 e. The van der Waals surface area contributed by atoms with E-state index < -0.39 is 5.82 Å². The second kappa shape index (κ2) is 6.24. The van der Waals surface area contributed by atoms with Gasteiger partial charge < -0.3 is 10.6 Å². The number of hydrogen-bond acceptors (Lipinski definition) is 2. The summed E-state index contributed by atoms with van der Waals surface area (Å²) < 4.78 is 13.5. The fourth-order valence-electron chi connectivity index (χ4n) is 1.46. The van der Waals surface area contributed by atoms with Gasteiger partial charge in [-0.15, -0.1) is 0 Å². The fourth-order valence-corrected chi connectivity index (χ4v) is 1.97. The van der Waals surface area contributed by atoms with Crippen LogP contribution in [0.15, 0.2) is 22.7 Å². The zero-order valence-electron chi connectivity index (χ0n) is 10.1. The molecule has 0 aliphatic carbocycles. The number of rotatable bonds is 4. The van der Waals surface area contributed by atoms with Gasteiger partial charge in [0.25, 0.3) is 5.91 Å². The Morgan fingerprint density at radius 3 is 2.78 bits per heavy atom. The first kappa shape index (κ1) is 15.0. The molecule has 2 N–H and O–H groups in total. The quantitative estimate of drug-likeness (QED) is 0.862. The van der Waals surface area contributed by atoms with E-state index in [1.807, 2.05) is 6.92 Å². The van der Waals surface area contributed by atoms with E-state index in [9.17, 15) is 9.18 Å². The molecule has 98 valence electrons. The Kier molecular flexibility index (Phi) is 5.22. The smallest absolute Gasteiger partial charge is 0.254 e. The van der Waals surface area contributed by atoms with Crippen LogP contribution in [0.3, 0.4) is 0 Å². The molecule has 1 aromatic carbocycles. The van der Waals surface area contributed by atoms with Gasteiger partial charge in [0.1, 0.15) is 5.82 Å². The number of carbonyl (C=O) groups is 1. The van der Waals surface area contributed by atoms with E-state index in [2.05, 4.69) is 15.9 Å². The van der Waals surface area contributed by atoms with Crippen molar-refractivity contribution in [2.75, 3.05) is 13.6 Å². The van der Waals surface area contributed by atoms with Crippen molar-refractivity contribution in [2.45, 2.75) is 6.92 Å². The molecule has 0 fully saturated rings. The number of nitrogens with two attached hydrogens (primary N) is 1. The predicted molar refractivity (Wildman–Crippen MR) is 77.0 cm³/mol. The predicted octanol–water partition coefficient (Wildman–Crippen LogP) is 2.58. The Morgan fingerprint density at radius 2 is 2.22 bits per heavy atom. The summed E-state index contributed by atoms with van der Waals surface area (Å²) in [6, 6.07) is 4.36. The maximum atomic E-state index is 13.3. The van der Waals surface area contributed by atoms with E-state index in [-0.39, 0.29) is 21.9 Å². The van der Waals surface area contributed by atoms with Gasteiger partial charge in [0.15, 0.2) is 0 Å². The molecular weight excluding hydrogens is 319 g/mol. The fraction of sp³-hybridized carbons (Fsp3) is 0.333. The highest BCUT2D eigenvalue weighted by Gasteiger charge is 2.19. The molecule has 0 bridgehead atoms. The van der Waals surface area contributed by atoms with Crippen molar-refractivity contribution in [3.63, 3.8) is 0 Å². The van der Waals surface area contributed by atoms with Crippen LogP contribution in [0.2, 0.25) is 0 Å². The zero-order valence-corrected chi connectivity index (χ0v) is 12.5. The Labute approximate surface area is 119 Å². The van der Waals surface area contributed by atoms with Gasteiger partial charge in [-0.2, -0.15) is 0 Å². The summed E-state index contributed by atoms with van der Waals surface area (Å²) in [5.74, 6) is -0.817. The molecule has 6 heteroatoms. The Bertz CT molecular complexity index is 481. The Balaban J connectivity index is 2.87. The van der Waals surface area contributed by atoms with Crippen molar-refractivity contribution in [1.29, 1.82) is 0 Å². The highest BCUT2D eigenvalue weighted by Crippen LogP contribution is 2.21. The highest BCUT2D eigenvalue weighted by molar-refractivity contribution is 9.10. The van der Waals surface area contributed by atoms with E-state index in [1.165, 1.54) is 17.0 Å². The number of thiocarbonyl (C=S) groups is 1. The van der Waals surface area contributed by atoms with Gasteiger partial charge in [-0.1, -0.05) is 25.2 Å². The first-order chi connectivity index (χ1) is 8.34. The van der Waals surface area contributed by atoms with Gasteiger partial charge in [0, 0.05) is 19.5 Å². The summed E-state index contributed by atoms with van der Waals surface area (Å²) in [5, 5.41) is 0. The standard InChI is InChI=1S/C12H14BrFN2OS/c1-7(11(15)18)6-16(2)12(17)8-4-3-5-9(14)10(8)13/h3-5,7H,6H2,1-2H3,(H2,15,18). The lowest BCUT2D eigenvalue weighted by atomic mass is 10.1. The van der Waals surface area contributed by atoms with Gasteiger partial charge in [-0.3, -0.25) is 4.79 Å². The van der Waals surface area contributed by atoms with E-state index in [4.69, 9.17) is 18.0 Å². The van der Waals surface area contributed by atoms with Crippen LogP contribution in [0, 0.1) is 11.7 Å². The van der Waals surface area contributed by atoms with E-state index in [0.717, 1.165) is 0 Å². The van der Waals surface area contributed by atoms with Crippen LogP contribution < -0.4 is 5.73 Å². The maximum Gasteiger partial charge on any atom is 0.254 e. The number of nitrogens with zero attached hydrogens (tertiary/aromatic N) is 1. The van der Waals surface area contributed by atoms with Crippen molar-refractivity contribution >= 4 is 39.0 Å². The van der Waals surface area contributed by atoms with Crippen molar-refractivity contribution in [3.8, 4) is 0 Å². The maximum absolute atomic E-state index is 13.3. The third kappa shape index (κ3) is 3.49. The van der Waals surface area contributed by atoms with Crippen LogP contribution in [0.1, 0.15) is 17.3 Å². The van der Waals surface area contributed by atoms with Crippen LogP contribution >= 0.6 is 28.1 Å². The first-order valence-electron chi connectivity index (χ1n) is 5.33. The molecule has 0 aliphatic heterocycles. The van der Waals surface area contributed by atoms with Crippen LogP contribution in [0.4, 0.5) is 4.39 Å². The number of halogens is 2. The van der Waals surface area contributed by atoms with Crippen LogP contribution in [0.5, 0.6) is 0 Å². The molecule has 0 spiro atoms. The van der Waals surface area contributed by atoms with Crippen molar-refractivity contribution in [2.24, 2.45) is 11.7 Å². The number of carbonyl (C=O) groups excluding carboxylic acids is 1. The summed E-state index contributed by atoms with van der Waals surface area (Å²) in [6.45, 7) is 2.24. The molecule has 1 aromatic rings. The second-order valence-corrected chi connectivity index (χ2v) is 5.35. The minimum absolute atomic E-state index is 0.0821. The number of hydrogen-bond donors (Lipinski definition) is 1. The lowest BCUT2D eigenvalue weighted by Gasteiger charge is -2.21. The topological polar surface area (TPSA) is 46.3 Å². The monoisotopic (exact) mass is 332 g/mol. The van der Waals surface area contributed by atoms with Gasteiger partial charge in [0.2, 0.25) is 0 Å². The summed E-state index contributed by atoms with van der Waals surface area (Å²) >= 11 is 7.93. The Morgan fingerprint density at radius 1 is 1.61 bits per heavy atom. The molecule has 1 amide bonds. The van der Waals surface area contributed by atoms with E-state index in [1.54, 1.807) is 13.1 Å². The van der Waals surface area contributed by atoms with Crippen LogP contribution in [-0.4, -0.2) is 29.4 Å². The molecule has 18 heavy (non-hydrogen) atoms. The van der Waals surface area contributed by atoms with Gasteiger partial charge in [-0.05, 0) is 28.1 Å². The lowest BCUT2D eigenvalue weighted by molar-refractivity contribution is 0.0785. The van der Waals surface area contributed by atoms with E-state index in [0.29, 0.717) is 11.5 Å². The molecule has 1 atom stereocenters. The number of amides is 1. The molecule has 0 heterocycles. The van der Waals surface area contributed by atoms with Crippen molar-refractivity contribution in [3.05, 3.63) is 34.1 Å². The van der Waals surface area contributed by atoms with E-state index >= 15 is 0 Å². The minimum atomic E-state index is -0.461. The zero-order chi connectivity index (χ0) is 13.9. The molecule has 1 unspecified atom stereocenters. The van der Waals surface area contributed by atoms with Crippen LogP contribution in [0.25, 0.3) is 0 Å². The second-order valence-electron chi connectivity index (χ2n) is 4.09. The summed E-state index contributed by atoms with van der Waals surface area (Å²) in [4.78, 5) is 14.0. The third-order valence-corrected chi connectivity index (χ3v) is 3.77. The lowest BCUT2D eigenvalue weighted by Crippen LogP contribution is -2.35. The summed E-state index contributed by atoms with van der Waals surface area (Å²) in [5.41, 5.74) is 5.79. The van der Waals surface area contributed by atoms with Gasteiger partial charge in [-0.25, -0.2) is 4.39 Å². The summed E-state index contributed by atoms with van der Waals surface area (Å²) in [7, 11) is 1.63. The van der Waals surface area contributed by atoms with Crippen molar-refractivity contribution < 1.29 is 9.18 Å². The van der Waals surface area contributed by atoms with Gasteiger partial charge >= 0.3 is 0 Å². The molecule has 1 rings (SSSR count). The van der Waals surface area contributed by atoms with Crippen molar-refractivity contribution in [1.82, 2.24) is 4.90 Å². The average Bonchev–Trinajstić information content (AvgIpc) is 2.31. The molecular formula is C12H14BrFN2OS. The number of benzene rings is 1. The van der Waals surface area contributed by atoms with Gasteiger partial charge in [0.05, 0.1) is 15.0 Å². The molecule has 0 saturated carbocycles. The third-order valence-electron chi connectivity index (χ3n) is 2.56. The first-order valence-corrected chi connectivity index (χ1v) is 6.53. The molecule has 0 radical (unpaired) electrons.